The quantitative estimate of drug-likeness (QED) is 0.720. The maximum atomic E-state index is 8.88. The molecule has 0 amide bonds. The molecule has 6 heteroatoms. The zero-order chi connectivity index (χ0) is 13.9. The molecule has 0 bridgehead atoms. The first-order valence-electron chi connectivity index (χ1n) is 5.72. The number of nitrogens with zero attached hydrogens (tertiary/aromatic N) is 4. The normalized spacial score (nSPS) is 10.2. The summed E-state index contributed by atoms with van der Waals surface area (Å²) in [6, 6.07) is 12.4. The monoisotopic (exact) mass is 282 g/mol. The molecular formula is C14H7ClN4O. The van der Waals surface area contributed by atoms with Crippen LogP contribution in [0.2, 0.25) is 5.02 Å². The van der Waals surface area contributed by atoms with E-state index in [2.05, 4.69) is 21.2 Å². The van der Waals surface area contributed by atoms with Crippen molar-refractivity contribution in [3.05, 3.63) is 53.2 Å². The Kier molecular flexibility index (Phi) is 3.15. The van der Waals surface area contributed by atoms with Crippen LogP contribution in [0.1, 0.15) is 5.56 Å². The van der Waals surface area contributed by atoms with Gasteiger partial charge in [-0.05, 0) is 30.3 Å². The fraction of sp³-hybridized carbons (Fsp3) is 0. The number of hydrogen-bond acceptors (Lipinski definition) is 5. The van der Waals surface area contributed by atoms with Gasteiger partial charge in [-0.1, -0.05) is 22.8 Å². The molecule has 3 rings (SSSR count). The van der Waals surface area contributed by atoms with Gasteiger partial charge in [0.05, 0.1) is 16.7 Å². The zero-order valence-electron chi connectivity index (χ0n) is 10.1. The number of benzene rings is 1. The highest BCUT2D eigenvalue weighted by molar-refractivity contribution is 6.30. The molecule has 0 aliphatic carbocycles. The van der Waals surface area contributed by atoms with E-state index in [-0.39, 0.29) is 0 Å². The van der Waals surface area contributed by atoms with Gasteiger partial charge in [0.1, 0.15) is 5.69 Å². The van der Waals surface area contributed by atoms with E-state index in [0.29, 0.717) is 33.6 Å². The third kappa shape index (κ3) is 2.37. The van der Waals surface area contributed by atoms with Crippen LogP contribution < -0.4 is 0 Å². The van der Waals surface area contributed by atoms with Gasteiger partial charge in [-0.3, -0.25) is 4.98 Å². The Bertz CT molecular complexity index is 789. The van der Waals surface area contributed by atoms with Gasteiger partial charge in [0.2, 0.25) is 5.82 Å². The van der Waals surface area contributed by atoms with Crippen molar-refractivity contribution in [2.24, 2.45) is 0 Å². The maximum Gasteiger partial charge on any atom is 0.258 e. The third-order valence-electron chi connectivity index (χ3n) is 2.62. The number of rotatable bonds is 2. The lowest BCUT2D eigenvalue weighted by molar-refractivity contribution is 0.432. The number of aromatic nitrogens is 3. The summed E-state index contributed by atoms with van der Waals surface area (Å²) < 4.78 is 5.19. The van der Waals surface area contributed by atoms with Crippen LogP contribution in [0.4, 0.5) is 0 Å². The van der Waals surface area contributed by atoms with Crippen LogP contribution in [0.3, 0.4) is 0 Å². The molecule has 5 nitrogen and oxygen atoms in total. The third-order valence-corrected chi connectivity index (χ3v) is 2.84. The van der Waals surface area contributed by atoms with Gasteiger partial charge in [0.25, 0.3) is 5.89 Å². The van der Waals surface area contributed by atoms with Crippen LogP contribution in [0.5, 0.6) is 0 Å². The Morgan fingerprint density at radius 2 is 2.10 bits per heavy atom. The molecule has 0 aliphatic rings. The molecule has 2 heterocycles. The zero-order valence-corrected chi connectivity index (χ0v) is 10.9. The van der Waals surface area contributed by atoms with Crippen LogP contribution in [0.15, 0.2) is 47.1 Å². The molecule has 0 unspecified atom stereocenters. The molecule has 1 aromatic carbocycles. The van der Waals surface area contributed by atoms with Crippen molar-refractivity contribution < 1.29 is 4.52 Å². The number of halogens is 1. The van der Waals surface area contributed by atoms with Crippen LogP contribution >= 0.6 is 11.6 Å². The first-order chi connectivity index (χ1) is 9.76. The molecule has 3 aromatic rings. The minimum absolute atomic E-state index is 0.342. The van der Waals surface area contributed by atoms with Crippen molar-refractivity contribution in [3.63, 3.8) is 0 Å². The molecule has 0 spiro atoms. The van der Waals surface area contributed by atoms with Gasteiger partial charge in [0.15, 0.2) is 0 Å². The summed E-state index contributed by atoms with van der Waals surface area (Å²) in [5, 5.41) is 13.3. The van der Waals surface area contributed by atoms with E-state index in [1.807, 2.05) is 0 Å². The van der Waals surface area contributed by atoms with Crippen molar-refractivity contribution in [1.29, 1.82) is 5.26 Å². The molecule has 0 N–H and O–H groups in total. The highest BCUT2D eigenvalue weighted by Gasteiger charge is 2.11. The van der Waals surface area contributed by atoms with Crippen LogP contribution in [0, 0.1) is 11.3 Å². The van der Waals surface area contributed by atoms with Crippen LogP contribution in [-0.2, 0) is 0 Å². The minimum Gasteiger partial charge on any atom is -0.334 e. The van der Waals surface area contributed by atoms with Crippen molar-refractivity contribution in [1.82, 2.24) is 15.1 Å². The summed E-state index contributed by atoms with van der Waals surface area (Å²) >= 11 is 5.78. The average Bonchev–Trinajstić information content (AvgIpc) is 2.98. The van der Waals surface area contributed by atoms with Gasteiger partial charge in [-0.2, -0.15) is 10.2 Å². The van der Waals surface area contributed by atoms with Crippen molar-refractivity contribution in [2.45, 2.75) is 0 Å². The second kappa shape index (κ2) is 5.11. The van der Waals surface area contributed by atoms with E-state index in [1.54, 1.807) is 36.4 Å². The maximum absolute atomic E-state index is 8.88. The summed E-state index contributed by atoms with van der Waals surface area (Å²) in [5.41, 5.74) is 1.80. The lowest BCUT2D eigenvalue weighted by Gasteiger charge is -1.94. The van der Waals surface area contributed by atoms with E-state index in [1.165, 1.54) is 6.20 Å². The van der Waals surface area contributed by atoms with E-state index in [4.69, 9.17) is 21.4 Å². The molecular weight excluding hydrogens is 276 g/mol. The van der Waals surface area contributed by atoms with Gasteiger partial charge >= 0.3 is 0 Å². The second-order valence-corrected chi connectivity index (χ2v) is 4.41. The van der Waals surface area contributed by atoms with E-state index >= 15 is 0 Å². The van der Waals surface area contributed by atoms with Crippen LogP contribution in [0.25, 0.3) is 23.0 Å². The fourth-order valence-electron chi connectivity index (χ4n) is 1.67. The predicted octanol–water partition coefficient (Wildman–Crippen LogP) is 3.32. The lowest BCUT2D eigenvalue weighted by Crippen LogP contribution is -1.85. The van der Waals surface area contributed by atoms with Crippen molar-refractivity contribution in [2.75, 3.05) is 0 Å². The van der Waals surface area contributed by atoms with E-state index < -0.39 is 0 Å². The van der Waals surface area contributed by atoms with Gasteiger partial charge < -0.3 is 4.52 Å². The number of hydrogen-bond donors (Lipinski definition) is 0. The highest BCUT2D eigenvalue weighted by Crippen LogP contribution is 2.22. The fourth-order valence-corrected chi connectivity index (χ4v) is 1.79. The molecule has 0 fully saturated rings. The molecule has 0 radical (unpaired) electrons. The lowest BCUT2D eigenvalue weighted by atomic mass is 10.1. The standard InChI is InChI=1S/C14H7ClN4O/c15-11-4-5-12(17-8-11)13-18-14(20-19-13)10-3-1-2-9(6-10)7-16/h1-6,8H. The smallest absolute Gasteiger partial charge is 0.258 e. The van der Waals surface area contributed by atoms with Gasteiger partial charge in [0, 0.05) is 11.8 Å². The predicted molar refractivity (Wildman–Crippen MR) is 72.7 cm³/mol. The van der Waals surface area contributed by atoms with Crippen LogP contribution in [-0.4, -0.2) is 15.1 Å². The average molecular weight is 283 g/mol. The molecule has 96 valence electrons. The minimum atomic E-state index is 0.342. The topological polar surface area (TPSA) is 75.6 Å². The number of nitriles is 1. The molecule has 0 aliphatic heterocycles. The first kappa shape index (κ1) is 12.3. The number of pyridine rings is 1. The highest BCUT2D eigenvalue weighted by atomic mass is 35.5. The van der Waals surface area contributed by atoms with Crippen molar-refractivity contribution in [3.8, 4) is 29.0 Å². The SMILES string of the molecule is N#Cc1cccc(-c2nc(-c3ccc(Cl)cn3)no2)c1. The van der Waals surface area contributed by atoms with Gasteiger partial charge in [-0.25, -0.2) is 0 Å². The Labute approximate surface area is 119 Å². The Morgan fingerprint density at radius 1 is 1.20 bits per heavy atom. The molecule has 0 saturated heterocycles. The molecule has 2 aromatic heterocycles. The summed E-state index contributed by atoms with van der Waals surface area (Å²) in [6.07, 6.45) is 1.52. The molecule has 0 saturated carbocycles. The summed E-state index contributed by atoms with van der Waals surface area (Å²) in [7, 11) is 0. The summed E-state index contributed by atoms with van der Waals surface area (Å²) in [5.74, 6) is 0.716. The Morgan fingerprint density at radius 3 is 2.85 bits per heavy atom. The second-order valence-electron chi connectivity index (χ2n) is 3.98. The Hall–Kier alpha value is -2.71. The van der Waals surface area contributed by atoms with E-state index in [9.17, 15) is 0 Å². The Balaban J connectivity index is 1.97. The first-order valence-corrected chi connectivity index (χ1v) is 6.10. The summed E-state index contributed by atoms with van der Waals surface area (Å²) in [6.45, 7) is 0. The van der Waals surface area contributed by atoms with Crippen molar-refractivity contribution >= 4 is 11.6 Å². The van der Waals surface area contributed by atoms with E-state index in [0.717, 1.165) is 0 Å². The summed E-state index contributed by atoms with van der Waals surface area (Å²) in [4.78, 5) is 8.38. The molecule has 0 atom stereocenters. The van der Waals surface area contributed by atoms with Gasteiger partial charge in [-0.15, -0.1) is 0 Å². The molecule has 20 heavy (non-hydrogen) atoms. The largest absolute Gasteiger partial charge is 0.334 e.